The number of nitrogens with two attached hydrogens (primary N) is 1. The fraction of sp³-hybridized carbons (Fsp3) is 1.00. The smallest absolute Gasteiger partial charge is 0.00745 e. The molecule has 0 bridgehead atoms. The summed E-state index contributed by atoms with van der Waals surface area (Å²) in [5, 5.41) is 0. The molecular formula is C47H111N. The molecule has 48 heavy (non-hydrogen) atoms. The van der Waals surface area contributed by atoms with Crippen LogP contribution in [0.25, 0.3) is 0 Å². The molecule has 0 aromatic heterocycles. The summed E-state index contributed by atoms with van der Waals surface area (Å²) >= 11 is 0. The Bertz CT molecular complexity index is 522. The van der Waals surface area contributed by atoms with Crippen LogP contribution in [-0.2, 0) is 0 Å². The summed E-state index contributed by atoms with van der Waals surface area (Å²) in [7, 11) is 0. The van der Waals surface area contributed by atoms with Crippen LogP contribution in [0.5, 0.6) is 0 Å². The first-order valence-corrected chi connectivity index (χ1v) is 19.7. The minimum atomic E-state index is 0.430. The monoisotopic (exact) mass is 690 g/mol. The molecule has 0 spiro atoms. The van der Waals surface area contributed by atoms with Crippen LogP contribution in [0.15, 0.2) is 0 Å². The first-order valence-electron chi connectivity index (χ1n) is 19.7. The fourth-order valence-corrected chi connectivity index (χ4v) is 0.683. The van der Waals surface area contributed by atoms with Gasteiger partial charge in [0.05, 0.1) is 0 Å². The van der Waals surface area contributed by atoms with E-state index in [2.05, 4.69) is 228 Å². The Morgan fingerprint density at radius 3 is 0.500 bits per heavy atom. The van der Waals surface area contributed by atoms with E-state index >= 15 is 0 Å². The molecule has 0 radical (unpaired) electrons. The lowest BCUT2D eigenvalue weighted by atomic mass is 9.80. The van der Waals surface area contributed by atoms with Gasteiger partial charge in [-0.3, -0.25) is 0 Å². The van der Waals surface area contributed by atoms with Crippen molar-refractivity contribution in [1.29, 1.82) is 0 Å². The van der Waals surface area contributed by atoms with Crippen molar-refractivity contribution in [1.82, 2.24) is 0 Å². The summed E-state index contributed by atoms with van der Waals surface area (Å²) in [6.07, 6.45) is 3.68. The van der Waals surface area contributed by atoms with Crippen molar-refractivity contribution in [2.24, 2.45) is 60.9 Å². The molecule has 0 aliphatic carbocycles. The molecule has 1 unspecified atom stereocenters. The molecule has 0 saturated carbocycles. The van der Waals surface area contributed by atoms with Gasteiger partial charge in [0.15, 0.2) is 0 Å². The van der Waals surface area contributed by atoms with Crippen molar-refractivity contribution in [2.75, 3.05) is 6.54 Å². The molecule has 304 valence electrons. The van der Waals surface area contributed by atoms with Crippen LogP contribution >= 0.6 is 0 Å². The Morgan fingerprint density at radius 2 is 0.479 bits per heavy atom. The Balaban J connectivity index is -0.0000000641. The average Bonchev–Trinajstić information content (AvgIpc) is 2.68. The van der Waals surface area contributed by atoms with E-state index in [0.717, 1.165) is 24.8 Å². The zero-order valence-electron chi connectivity index (χ0n) is 41.6. The quantitative estimate of drug-likeness (QED) is 0.307. The maximum atomic E-state index is 5.43. The molecule has 0 aliphatic heterocycles. The zero-order valence-corrected chi connectivity index (χ0v) is 41.6. The highest BCUT2D eigenvalue weighted by Gasteiger charge is 2.18. The van der Waals surface area contributed by atoms with Crippen molar-refractivity contribution < 1.29 is 0 Å². The molecule has 1 nitrogen and oxygen atoms in total. The van der Waals surface area contributed by atoms with E-state index in [1.54, 1.807) is 0 Å². The Hall–Kier alpha value is -0.0400. The molecule has 0 heterocycles. The summed E-state index contributed by atoms with van der Waals surface area (Å²) in [6.45, 7) is 74.0. The lowest BCUT2D eigenvalue weighted by Crippen LogP contribution is -2.20. The summed E-state index contributed by atoms with van der Waals surface area (Å²) in [5.41, 5.74) is 9.44. The van der Waals surface area contributed by atoms with Crippen LogP contribution in [-0.4, -0.2) is 6.54 Å². The number of hydrogen-bond acceptors (Lipinski definition) is 1. The predicted molar refractivity (Wildman–Crippen MR) is 237 cm³/mol. The van der Waals surface area contributed by atoms with Gasteiger partial charge in [0.2, 0.25) is 0 Å². The van der Waals surface area contributed by atoms with E-state index in [4.69, 9.17) is 5.73 Å². The molecule has 0 amide bonds. The third-order valence-electron chi connectivity index (χ3n) is 5.93. The highest BCUT2D eigenvalue weighted by molar-refractivity contribution is 4.69. The van der Waals surface area contributed by atoms with E-state index in [1.165, 1.54) is 12.8 Å². The first kappa shape index (κ1) is 66.2. The highest BCUT2D eigenvalue weighted by atomic mass is 14.5. The van der Waals surface area contributed by atoms with Gasteiger partial charge in [-0.2, -0.15) is 0 Å². The Labute approximate surface area is 314 Å². The molecule has 0 rings (SSSR count). The van der Waals surface area contributed by atoms with Crippen LogP contribution < -0.4 is 5.73 Å². The summed E-state index contributed by atoms with van der Waals surface area (Å²) < 4.78 is 0. The lowest BCUT2D eigenvalue weighted by molar-refractivity contribution is 0.250. The Kier molecular flexibility index (Phi) is 40.7. The van der Waals surface area contributed by atoms with Gasteiger partial charge in [-0.15, -0.1) is 0 Å². The molecule has 0 fully saturated rings. The van der Waals surface area contributed by atoms with Gasteiger partial charge in [-0.25, -0.2) is 0 Å². The SMILES string of the molecule is CC(C)(C)C.CC(C)(C)C.CC(C)(C)C.CC(C)(C)C.CC(C)C(C)(C)C.CC(CCN)C(C)(C)C.CCC(C)(C)C.CCC(C)(C)C. The molecule has 0 saturated heterocycles. The van der Waals surface area contributed by atoms with Crippen molar-refractivity contribution >= 4 is 0 Å². The maximum absolute atomic E-state index is 5.43. The summed E-state index contributed by atoms with van der Waals surface area (Å²) in [5.74, 6) is 1.54. The van der Waals surface area contributed by atoms with Crippen LogP contribution in [0, 0.1) is 55.2 Å². The number of hydrogen-bond donors (Lipinski definition) is 1. The molecule has 2 N–H and O–H groups in total. The van der Waals surface area contributed by atoms with Gasteiger partial charge < -0.3 is 5.73 Å². The minimum Gasteiger partial charge on any atom is -0.330 e. The van der Waals surface area contributed by atoms with Crippen LogP contribution in [0.2, 0.25) is 0 Å². The fourth-order valence-electron chi connectivity index (χ4n) is 0.683. The highest BCUT2D eigenvalue weighted by Crippen LogP contribution is 2.27. The van der Waals surface area contributed by atoms with Crippen molar-refractivity contribution in [2.45, 2.75) is 248 Å². The van der Waals surface area contributed by atoms with Gasteiger partial charge in [-0.05, 0) is 68.1 Å². The first-order chi connectivity index (χ1) is 20.0. The molecule has 1 heteroatoms. The Morgan fingerprint density at radius 1 is 0.354 bits per heavy atom. The van der Waals surface area contributed by atoms with Gasteiger partial charge >= 0.3 is 0 Å². The van der Waals surface area contributed by atoms with Gasteiger partial charge in [-0.1, -0.05) is 241 Å². The van der Waals surface area contributed by atoms with Crippen molar-refractivity contribution in [3.05, 3.63) is 0 Å². The van der Waals surface area contributed by atoms with E-state index in [-0.39, 0.29) is 0 Å². The van der Waals surface area contributed by atoms with Crippen molar-refractivity contribution in [3.63, 3.8) is 0 Å². The minimum absolute atomic E-state index is 0.430. The second kappa shape index (κ2) is 29.5. The topological polar surface area (TPSA) is 26.0 Å². The van der Waals surface area contributed by atoms with E-state index in [9.17, 15) is 0 Å². The summed E-state index contributed by atoms with van der Waals surface area (Å²) in [6, 6.07) is 0. The van der Waals surface area contributed by atoms with E-state index in [0.29, 0.717) is 43.3 Å². The van der Waals surface area contributed by atoms with E-state index < -0.39 is 0 Å². The van der Waals surface area contributed by atoms with Gasteiger partial charge in [0.25, 0.3) is 0 Å². The number of rotatable bonds is 2. The van der Waals surface area contributed by atoms with Crippen LogP contribution in [0.4, 0.5) is 0 Å². The van der Waals surface area contributed by atoms with E-state index in [1.807, 2.05) is 0 Å². The van der Waals surface area contributed by atoms with Crippen LogP contribution in [0.3, 0.4) is 0 Å². The van der Waals surface area contributed by atoms with Crippen molar-refractivity contribution in [3.8, 4) is 0 Å². The molecule has 0 aliphatic rings. The molecule has 0 aromatic rings. The predicted octanol–water partition coefficient (Wildman–Crippen LogP) is 17.8. The summed E-state index contributed by atoms with van der Waals surface area (Å²) in [4.78, 5) is 0. The van der Waals surface area contributed by atoms with Crippen LogP contribution in [0.1, 0.15) is 248 Å². The maximum Gasteiger partial charge on any atom is -0.00745 e. The molecule has 0 aromatic carbocycles. The lowest BCUT2D eigenvalue weighted by Gasteiger charge is -2.26. The van der Waals surface area contributed by atoms with Gasteiger partial charge in [0.1, 0.15) is 0 Å². The van der Waals surface area contributed by atoms with Gasteiger partial charge in [0, 0.05) is 0 Å². The standard InChI is InChI=1S/C8H19N.C7H16.2C6H14.4C5H12/c1-7(5-6-9)8(2,3)4;1-6(2)7(3,4)5;2*1-5-6(2,3)4;4*1-5(2,3)4/h7H,5-6,9H2,1-4H3;6H,1-5H3;2*5H2,1-4H3;4*1-4H3. The zero-order chi connectivity index (χ0) is 42.0. The molecular weight excluding hydrogens is 579 g/mol. The second-order valence-corrected chi connectivity index (χ2v) is 25.2. The second-order valence-electron chi connectivity index (χ2n) is 25.2. The third-order valence-corrected chi connectivity index (χ3v) is 5.93. The average molecular weight is 690 g/mol. The third kappa shape index (κ3) is 211. The largest absolute Gasteiger partial charge is 0.330 e. The molecule has 1 atom stereocenters. The normalized spacial score (nSPS) is 12.8.